The average Bonchev–Trinajstić information content (AvgIpc) is 2.74. The molecule has 3 rings (SSSR count). The number of aromatic nitrogens is 2. The number of rotatable bonds is 8. The maximum atomic E-state index is 13.8. The minimum Gasteiger partial charge on any atom is -0.369 e. The molecule has 9 heteroatoms. The van der Waals surface area contributed by atoms with Gasteiger partial charge in [-0.3, -0.25) is 0 Å². The standard InChI is InChI=1S/C22H21ClF2N6/c1-31(2)9-3-8-27-21-17(14-4-6-19(24)15(10-14)12-26)13-28-22(30-21)29-16-5-7-20(25)18(23)11-16/h4-7,10-11,13H,3,8-9H2,1-2H3,(H2,27,28,29,30). The molecule has 3 aromatic rings. The number of benzene rings is 2. The zero-order valence-corrected chi connectivity index (χ0v) is 17.8. The molecule has 160 valence electrons. The highest BCUT2D eigenvalue weighted by Crippen LogP contribution is 2.29. The molecule has 31 heavy (non-hydrogen) atoms. The first kappa shape index (κ1) is 22.4. The van der Waals surface area contributed by atoms with Crippen LogP contribution in [0, 0.1) is 23.0 Å². The van der Waals surface area contributed by atoms with E-state index in [1.54, 1.807) is 12.3 Å². The van der Waals surface area contributed by atoms with Crippen LogP contribution < -0.4 is 10.6 Å². The number of hydrogen-bond acceptors (Lipinski definition) is 6. The third-order valence-corrected chi connectivity index (χ3v) is 4.73. The number of halogens is 3. The van der Waals surface area contributed by atoms with Gasteiger partial charge in [-0.2, -0.15) is 10.2 Å². The Hall–Kier alpha value is -3.28. The third kappa shape index (κ3) is 5.87. The van der Waals surface area contributed by atoms with Crippen LogP contribution in [0.15, 0.2) is 42.6 Å². The van der Waals surface area contributed by atoms with E-state index in [1.807, 2.05) is 20.2 Å². The lowest BCUT2D eigenvalue weighted by Gasteiger charge is -2.15. The SMILES string of the molecule is CN(C)CCCNc1nc(Nc2ccc(F)c(Cl)c2)ncc1-c1ccc(F)c(C#N)c1. The second-order valence-electron chi connectivity index (χ2n) is 7.10. The van der Waals surface area contributed by atoms with Crippen LogP contribution in [0.5, 0.6) is 0 Å². The first-order chi connectivity index (χ1) is 14.9. The van der Waals surface area contributed by atoms with Crippen LogP contribution in [0.4, 0.5) is 26.2 Å². The fraction of sp³-hybridized carbons (Fsp3) is 0.227. The van der Waals surface area contributed by atoms with E-state index < -0.39 is 11.6 Å². The van der Waals surface area contributed by atoms with Gasteiger partial charge < -0.3 is 15.5 Å². The highest BCUT2D eigenvalue weighted by atomic mass is 35.5. The van der Waals surface area contributed by atoms with Crippen LogP contribution in [0.2, 0.25) is 5.02 Å². The summed E-state index contributed by atoms with van der Waals surface area (Å²) in [4.78, 5) is 10.9. The van der Waals surface area contributed by atoms with Crippen molar-refractivity contribution in [1.29, 1.82) is 5.26 Å². The molecule has 0 saturated heterocycles. The van der Waals surface area contributed by atoms with Crippen LogP contribution in [-0.2, 0) is 0 Å². The molecule has 6 nitrogen and oxygen atoms in total. The van der Waals surface area contributed by atoms with Gasteiger partial charge >= 0.3 is 0 Å². The molecule has 1 aromatic heterocycles. The summed E-state index contributed by atoms with van der Waals surface area (Å²) < 4.78 is 27.2. The molecule has 0 aliphatic carbocycles. The van der Waals surface area contributed by atoms with Crippen molar-refractivity contribution in [3.8, 4) is 17.2 Å². The highest BCUT2D eigenvalue weighted by Gasteiger charge is 2.13. The Morgan fingerprint density at radius 1 is 1.13 bits per heavy atom. The predicted molar refractivity (Wildman–Crippen MR) is 118 cm³/mol. The summed E-state index contributed by atoms with van der Waals surface area (Å²) in [5.74, 6) is -0.292. The molecule has 0 radical (unpaired) electrons. The van der Waals surface area contributed by atoms with E-state index in [4.69, 9.17) is 16.9 Å². The Bertz CT molecular complexity index is 1110. The summed E-state index contributed by atoms with van der Waals surface area (Å²) in [6.45, 7) is 1.54. The molecule has 0 bridgehead atoms. The lowest BCUT2D eigenvalue weighted by atomic mass is 10.0. The average molecular weight is 443 g/mol. The van der Waals surface area contributed by atoms with Crippen molar-refractivity contribution in [2.45, 2.75) is 6.42 Å². The molecule has 2 N–H and O–H groups in total. The Kier molecular flexibility index (Phi) is 7.34. The van der Waals surface area contributed by atoms with Gasteiger partial charge in [0.15, 0.2) is 0 Å². The van der Waals surface area contributed by atoms with E-state index >= 15 is 0 Å². The van der Waals surface area contributed by atoms with Gasteiger partial charge in [0.05, 0.1) is 10.6 Å². The maximum Gasteiger partial charge on any atom is 0.229 e. The maximum absolute atomic E-state index is 13.8. The van der Waals surface area contributed by atoms with E-state index in [2.05, 4.69) is 25.5 Å². The molecular weight excluding hydrogens is 422 g/mol. The van der Waals surface area contributed by atoms with Crippen LogP contribution in [0.25, 0.3) is 11.1 Å². The first-order valence-corrected chi connectivity index (χ1v) is 9.93. The van der Waals surface area contributed by atoms with Gasteiger partial charge in [-0.25, -0.2) is 13.8 Å². The largest absolute Gasteiger partial charge is 0.369 e. The molecule has 2 aromatic carbocycles. The van der Waals surface area contributed by atoms with Crippen LogP contribution in [-0.4, -0.2) is 42.1 Å². The Balaban J connectivity index is 1.92. The number of nitriles is 1. The Morgan fingerprint density at radius 2 is 1.90 bits per heavy atom. The van der Waals surface area contributed by atoms with Gasteiger partial charge in [0, 0.05) is 24.0 Å². The molecule has 0 unspecified atom stereocenters. The van der Waals surface area contributed by atoms with Crippen molar-refractivity contribution < 1.29 is 8.78 Å². The molecule has 0 spiro atoms. The van der Waals surface area contributed by atoms with E-state index in [-0.39, 0.29) is 16.5 Å². The van der Waals surface area contributed by atoms with Crippen LogP contribution >= 0.6 is 11.6 Å². The monoisotopic (exact) mass is 442 g/mol. The van der Waals surface area contributed by atoms with E-state index in [1.165, 1.54) is 30.3 Å². The highest BCUT2D eigenvalue weighted by molar-refractivity contribution is 6.31. The minimum atomic E-state index is -0.584. The Morgan fingerprint density at radius 3 is 2.61 bits per heavy atom. The van der Waals surface area contributed by atoms with Gasteiger partial charge in [0.2, 0.25) is 5.95 Å². The summed E-state index contributed by atoms with van der Waals surface area (Å²) in [6.07, 6.45) is 2.46. The minimum absolute atomic E-state index is 0.0148. The first-order valence-electron chi connectivity index (χ1n) is 9.55. The molecule has 0 saturated carbocycles. The molecule has 0 atom stereocenters. The Labute approximate surface area is 184 Å². The van der Waals surface area contributed by atoms with Gasteiger partial charge in [-0.1, -0.05) is 17.7 Å². The number of nitrogens with one attached hydrogen (secondary N) is 2. The van der Waals surface area contributed by atoms with Gasteiger partial charge in [0.1, 0.15) is 23.5 Å². The van der Waals surface area contributed by atoms with Crippen molar-refractivity contribution in [3.05, 3.63) is 64.8 Å². The van der Waals surface area contributed by atoms with Crippen molar-refractivity contribution in [1.82, 2.24) is 14.9 Å². The van der Waals surface area contributed by atoms with Crippen molar-refractivity contribution >= 4 is 29.1 Å². The number of nitrogens with zero attached hydrogens (tertiary/aromatic N) is 4. The summed E-state index contributed by atoms with van der Waals surface area (Å²) in [5, 5.41) is 15.4. The topological polar surface area (TPSA) is 76.9 Å². The normalized spacial score (nSPS) is 10.7. The lowest BCUT2D eigenvalue weighted by Crippen LogP contribution is -2.17. The van der Waals surface area contributed by atoms with Gasteiger partial charge in [0.25, 0.3) is 0 Å². The zero-order chi connectivity index (χ0) is 22.4. The van der Waals surface area contributed by atoms with Crippen molar-refractivity contribution in [2.75, 3.05) is 37.8 Å². The fourth-order valence-electron chi connectivity index (χ4n) is 2.87. The van der Waals surface area contributed by atoms with Crippen molar-refractivity contribution in [3.63, 3.8) is 0 Å². The van der Waals surface area contributed by atoms with Crippen molar-refractivity contribution in [2.24, 2.45) is 0 Å². The summed E-state index contributed by atoms with van der Waals surface area (Å²) in [5.41, 5.74) is 1.72. The second kappa shape index (κ2) is 10.2. The predicted octanol–water partition coefficient (Wildman–Crippen LogP) is 5.05. The molecular formula is C22H21ClF2N6. The number of anilines is 3. The summed E-state index contributed by atoms with van der Waals surface area (Å²) in [7, 11) is 3.99. The van der Waals surface area contributed by atoms with Gasteiger partial charge in [-0.15, -0.1) is 0 Å². The molecule has 0 aliphatic rings. The third-order valence-electron chi connectivity index (χ3n) is 4.44. The quantitative estimate of drug-likeness (QED) is 0.475. The molecule has 0 amide bonds. The van der Waals surface area contributed by atoms with Gasteiger partial charge in [-0.05, 0) is 63.0 Å². The smallest absolute Gasteiger partial charge is 0.229 e. The van der Waals surface area contributed by atoms with E-state index in [9.17, 15) is 8.78 Å². The second-order valence-corrected chi connectivity index (χ2v) is 7.51. The fourth-order valence-corrected chi connectivity index (χ4v) is 3.05. The summed E-state index contributed by atoms with van der Waals surface area (Å²) in [6, 6.07) is 10.4. The van der Waals surface area contributed by atoms with Crippen LogP contribution in [0.3, 0.4) is 0 Å². The molecule has 0 aliphatic heterocycles. The number of hydrogen-bond donors (Lipinski definition) is 2. The summed E-state index contributed by atoms with van der Waals surface area (Å²) >= 11 is 5.84. The van der Waals surface area contributed by atoms with E-state index in [0.29, 0.717) is 29.2 Å². The van der Waals surface area contributed by atoms with E-state index in [0.717, 1.165) is 13.0 Å². The van der Waals surface area contributed by atoms with Crippen LogP contribution in [0.1, 0.15) is 12.0 Å². The zero-order valence-electron chi connectivity index (χ0n) is 17.1. The molecule has 0 fully saturated rings. The molecule has 1 heterocycles. The lowest BCUT2D eigenvalue weighted by molar-refractivity contribution is 0.405.